The number of nitrogens with zero attached hydrogens (tertiary/aromatic N) is 1. The van der Waals surface area contributed by atoms with Crippen LogP contribution in [-0.2, 0) is 20.8 Å². The lowest BCUT2D eigenvalue weighted by molar-refractivity contribution is -0.136. The van der Waals surface area contributed by atoms with Crippen LogP contribution in [-0.4, -0.2) is 36.0 Å². The number of ketones is 1. The van der Waals surface area contributed by atoms with E-state index in [4.69, 9.17) is 4.74 Å². The van der Waals surface area contributed by atoms with Gasteiger partial charge >= 0.3 is 11.9 Å². The third-order valence-corrected chi connectivity index (χ3v) is 4.27. The van der Waals surface area contributed by atoms with E-state index < -0.39 is 11.9 Å². The molecule has 0 fully saturated rings. The highest BCUT2D eigenvalue weighted by Crippen LogP contribution is 2.16. The summed E-state index contributed by atoms with van der Waals surface area (Å²) in [5.74, 6) is -1.31. The Morgan fingerprint density at radius 3 is 2.43 bits per heavy atom. The molecular formula is C22H23NO5. The molecule has 1 heterocycles. The lowest BCUT2D eigenvalue weighted by Crippen LogP contribution is -2.13. The highest BCUT2D eigenvalue weighted by molar-refractivity contribution is 6.00. The Kier molecular flexibility index (Phi) is 7.09. The molecule has 0 saturated carbocycles. The monoisotopic (exact) mass is 381 g/mol. The van der Waals surface area contributed by atoms with Gasteiger partial charge in [0.05, 0.1) is 12.7 Å². The van der Waals surface area contributed by atoms with Crippen molar-refractivity contribution in [3.63, 3.8) is 0 Å². The predicted octanol–water partition coefficient (Wildman–Crippen LogP) is 3.52. The van der Waals surface area contributed by atoms with E-state index in [0.717, 1.165) is 11.4 Å². The van der Waals surface area contributed by atoms with Crippen LogP contribution in [0.4, 0.5) is 0 Å². The normalized spacial score (nSPS) is 10.7. The van der Waals surface area contributed by atoms with Crippen molar-refractivity contribution in [1.82, 2.24) is 4.57 Å². The molecule has 0 N–H and O–H groups in total. The first-order chi connectivity index (χ1) is 13.4. The standard InChI is InChI=1S/C22H23NO5/c1-5-12-23-15(2)13-19(16(23)3)20(24)14-28-21(25)11-8-17-6-9-18(10-7-17)22(26)27-4/h5-11,13H,1,12,14H2,2-4H3/b11-8-. The maximum Gasteiger partial charge on any atom is 0.337 e. The average molecular weight is 381 g/mol. The van der Waals surface area contributed by atoms with Gasteiger partial charge in [-0.25, -0.2) is 9.59 Å². The number of carbonyl (C=O) groups excluding carboxylic acids is 3. The van der Waals surface area contributed by atoms with Gasteiger partial charge in [0.25, 0.3) is 0 Å². The largest absolute Gasteiger partial charge is 0.465 e. The molecule has 0 radical (unpaired) electrons. The molecule has 146 valence electrons. The zero-order valence-electron chi connectivity index (χ0n) is 16.2. The molecule has 0 spiro atoms. The van der Waals surface area contributed by atoms with Gasteiger partial charge in [0, 0.05) is 29.6 Å². The molecule has 2 aromatic rings. The topological polar surface area (TPSA) is 74.6 Å². The first kappa shape index (κ1) is 20.9. The minimum absolute atomic E-state index is 0.257. The summed E-state index contributed by atoms with van der Waals surface area (Å²) in [5, 5.41) is 0. The van der Waals surface area contributed by atoms with Crippen LogP contribution in [0.2, 0.25) is 0 Å². The van der Waals surface area contributed by atoms with Gasteiger partial charge in [0.2, 0.25) is 5.78 Å². The number of benzene rings is 1. The molecule has 1 aromatic carbocycles. The quantitative estimate of drug-likeness (QED) is 0.303. The van der Waals surface area contributed by atoms with E-state index in [1.807, 2.05) is 18.4 Å². The second kappa shape index (κ2) is 9.50. The average Bonchev–Trinajstić information content (AvgIpc) is 2.99. The summed E-state index contributed by atoms with van der Waals surface area (Å²) in [7, 11) is 1.31. The highest BCUT2D eigenvalue weighted by atomic mass is 16.5. The third kappa shape index (κ3) is 5.07. The molecule has 28 heavy (non-hydrogen) atoms. The highest BCUT2D eigenvalue weighted by Gasteiger charge is 2.16. The van der Waals surface area contributed by atoms with Gasteiger partial charge in [-0.05, 0) is 43.7 Å². The second-order valence-corrected chi connectivity index (χ2v) is 6.16. The van der Waals surface area contributed by atoms with Crippen molar-refractivity contribution < 1.29 is 23.9 Å². The van der Waals surface area contributed by atoms with Gasteiger partial charge < -0.3 is 14.0 Å². The number of ether oxygens (including phenoxy) is 2. The molecule has 0 unspecified atom stereocenters. The molecule has 0 bridgehead atoms. The zero-order valence-corrected chi connectivity index (χ0v) is 16.2. The van der Waals surface area contributed by atoms with Gasteiger partial charge in [-0.3, -0.25) is 4.79 Å². The van der Waals surface area contributed by atoms with Crippen molar-refractivity contribution >= 4 is 23.8 Å². The minimum Gasteiger partial charge on any atom is -0.465 e. The van der Waals surface area contributed by atoms with Crippen LogP contribution in [0.1, 0.15) is 37.7 Å². The first-order valence-electron chi connectivity index (χ1n) is 8.71. The van der Waals surface area contributed by atoms with E-state index in [9.17, 15) is 14.4 Å². The summed E-state index contributed by atoms with van der Waals surface area (Å²) in [6.45, 7) is 7.75. The molecule has 6 nitrogen and oxygen atoms in total. The van der Waals surface area contributed by atoms with Crippen LogP contribution in [0.25, 0.3) is 6.08 Å². The fraction of sp³-hybridized carbons (Fsp3) is 0.227. The number of esters is 2. The van der Waals surface area contributed by atoms with E-state index >= 15 is 0 Å². The number of allylic oxidation sites excluding steroid dienone is 1. The van der Waals surface area contributed by atoms with Crippen LogP contribution < -0.4 is 0 Å². The minimum atomic E-state index is -0.620. The fourth-order valence-corrected chi connectivity index (χ4v) is 2.77. The Morgan fingerprint density at radius 2 is 1.82 bits per heavy atom. The molecule has 0 atom stereocenters. The number of rotatable bonds is 8. The van der Waals surface area contributed by atoms with E-state index in [2.05, 4.69) is 11.3 Å². The van der Waals surface area contributed by atoms with Gasteiger partial charge in [-0.2, -0.15) is 0 Å². The van der Waals surface area contributed by atoms with Crippen LogP contribution in [0.5, 0.6) is 0 Å². The Bertz CT molecular complexity index is 919. The zero-order chi connectivity index (χ0) is 20.7. The van der Waals surface area contributed by atoms with E-state index in [1.165, 1.54) is 13.2 Å². The van der Waals surface area contributed by atoms with Crippen molar-refractivity contribution in [2.24, 2.45) is 0 Å². The van der Waals surface area contributed by atoms with Gasteiger partial charge in [-0.1, -0.05) is 18.2 Å². The number of carbonyl (C=O) groups is 3. The van der Waals surface area contributed by atoms with Crippen molar-refractivity contribution in [1.29, 1.82) is 0 Å². The van der Waals surface area contributed by atoms with Crippen LogP contribution >= 0.6 is 0 Å². The molecule has 0 aliphatic rings. The molecule has 2 rings (SSSR count). The third-order valence-electron chi connectivity index (χ3n) is 4.27. The second-order valence-electron chi connectivity index (χ2n) is 6.16. The lowest BCUT2D eigenvalue weighted by atomic mass is 10.1. The van der Waals surface area contributed by atoms with Gasteiger partial charge in [0.15, 0.2) is 6.61 Å². The van der Waals surface area contributed by atoms with Gasteiger partial charge in [-0.15, -0.1) is 6.58 Å². The van der Waals surface area contributed by atoms with Gasteiger partial charge in [0.1, 0.15) is 0 Å². The summed E-state index contributed by atoms with van der Waals surface area (Å²) in [6, 6.07) is 8.33. The number of Topliss-reactive ketones (excluding diaryl/α,β-unsaturated/α-hetero) is 1. The number of aryl methyl sites for hydroxylation is 1. The molecule has 0 aliphatic carbocycles. The molecule has 1 aromatic heterocycles. The molecule has 0 aliphatic heterocycles. The number of hydrogen-bond acceptors (Lipinski definition) is 5. The molecule has 0 saturated heterocycles. The smallest absolute Gasteiger partial charge is 0.337 e. The Labute approximate surface area is 164 Å². The van der Waals surface area contributed by atoms with Crippen LogP contribution in [0.15, 0.2) is 49.1 Å². The summed E-state index contributed by atoms with van der Waals surface area (Å²) < 4.78 is 11.6. The molecule has 0 amide bonds. The molecular weight excluding hydrogens is 358 g/mol. The van der Waals surface area contributed by atoms with Crippen LogP contribution in [0, 0.1) is 13.8 Å². The lowest BCUT2D eigenvalue weighted by Gasteiger charge is -2.06. The maximum absolute atomic E-state index is 12.4. The number of methoxy groups -OCH3 is 1. The van der Waals surface area contributed by atoms with E-state index in [0.29, 0.717) is 23.2 Å². The maximum atomic E-state index is 12.4. The van der Waals surface area contributed by atoms with Crippen molar-refractivity contribution in [2.75, 3.05) is 13.7 Å². The van der Waals surface area contributed by atoms with Crippen molar-refractivity contribution in [3.8, 4) is 0 Å². The fourth-order valence-electron chi connectivity index (χ4n) is 2.77. The van der Waals surface area contributed by atoms with Crippen molar-refractivity contribution in [2.45, 2.75) is 20.4 Å². The summed E-state index contributed by atoms with van der Waals surface area (Å²) >= 11 is 0. The van der Waals surface area contributed by atoms with Crippen LogP contribution in [0.3, 0.4) is 0 Å². The number of hydrogen-bond donors (Lipinski definition) is 0. The van der Waals surface area contributed by atoms with E-state index in [-0.39, 0.29) is 12.4 Å². The Morgan fingerprint density at radius 1 is 1.14 bits per heavy atom. The Balaban J connectivity index is 1.94. The first-order valence-corrected chi connectivity index (χ1v) is 8.71. The number of aromatic nitrogens is 1. The van der Waals surface area contributed by atoms with Crippen molar-refractivity contribution in [3.05, 3.63) is 77.1 Å². The van der Waals surface area contributed by atoms with E-state index in [1.54, 1.807) is 42.5 Å². The Hall–Kier alpha value is -3.41. The molecule has 6 heteroatoms. The summed E-state index contributed by atoms with van der Waals surface area (Å²) in [5.41, 5.74) is 3.43. The predicted molar refractivity (Wildman–Crippen MR) is 106 cm³/mol. The SMILES string of the molecule is C=CCn1c(C)cc(C(=O)COC(=O)/C=C\c2ccc(C(=O)OC)cc2)c1C. The summed E-state index contributed by atoms with van der Waals surface area (Å²) in [4.78, 5) is 35.6. The summed E-state index contributed by atoms with van der Waals surface area (Å²) in [6.07, 6.45) is 4.54.